The van der Waals surface area contributed by atoms with Crippen LogP contribution in [0.25, 0.3) is 0 Å². The zero-order chi connectivity index (χ0) is 16.3. The van der Waals surface area contributed by atoms with E-state index in [2.05, 4.69) is 5.32 Å². The molecule has 0 aromatic carbocycles. The fourth-order valence-electron chi connectivity index (χ4n) is 2.13. The van der Waals surface area contributed by atoms with Gasteiger partial charge in [-0.05, 0) is 19.8 Å². The Morgan fingerprint density at radius 3 is 2.24 bits per heavy atom. The van der Waals surface area contributed by atoms with Gasteiger partial charge in [0.05, 0.1) is 12.1 Å². The van der Waals surface area contributed by atoms with Crippen molar-refractivity contribution >= 4 is 12.0 Å². The Labute approximate surface area is 119 Å². The molecule has 1 aliphatic carbocycles. The molecule has 3 atom stereocenters. The standard InChI is InChI=1S/C12H19F3N2O4/c1-11(9(19)20,12(13,14)15)17-10(21)16-7-5-3-2-4-6-8(7)18/h7-8,18H,2-6H2,1H3,(H,19,20)(H2,16,17,21). The minimum Gasteiger partial charge on any atom is -0.479 e. The van der Waals surface area contributed by atoms with Crippen molar-refractivity contribution in [3.63, 3.8) is 0 Å². The Kier molecular flexibility index (Phi) is 5.43. The number of hydrogen-bond acceptors (Lipinski definition) is 3. The first kappa shape index (κ1) is 17.5. The first-order valence-electron chi connectivity index (χ1n) is 6.65. The lowest BCUT2D eigenvalue weighted by Gasteiger charge is -2.30. The van der Waals surface area contributed by atoms with Crippen molar-refractivity contribution < 1.29 is 33.0 Å². The van der Waals surface area contributed by atoms with Crippen LogP contribution in [-0.2, 0) is 4.79 Å². The molecule has 0 aromatic rings. The number of urea groups is 1. The van der Waals surface area contributed by atoms with Gasteiger partial charge in [0.15, 0.2) is 0 Å². The second kappa shape index (κ2) is 6.50. The van der Waals surface area contributed by atoms with Crippen LogP contribution in [0.3, 0.4) is 0 Å². The summed E-state index contributed by atoms with van der Waals surface area (Å²) in [6.45, 7) is 0.373. The quantitative estimate of drug-likeness (QED) is 0.592. The average Bonchev–Trinajstić information content (AvgIpc) is 2.53. The SMILES string of the molecule is CC(NC(=O)NC1CCCCCC1O)(C(=O)O)C(F)(F)F. The Bertz CT molecular complexity index is 402. The molecule has 0 heterocycles. The fraction of sp³-hybridized carbons (Fsp3) is 0.833. The van der Waals surface area contributed by atoms with Crippen LogP contribution in [0.15, 0.2) is 0 Å². The van der Waals surface area contributed by atoms with E-state index in [0.29, 0.717) is 19.8 Å². The molecule has 3 unspecified atom stereocenters. The minimum absolute atomic E-state index is 0.373. The van der Waals surface area contributed by atoms with Gasteiger partial charge in [-0.1, -0.05) is 19.3 Å². The Morgan fingerprint density at radius 1 is 1.14 bits per heavy atom. The molecule has 6 nitrogen and oxygen atoms in total. The van der Waals surface area contributed by atoms with E-state index in [0.717, 1.165) is 19.3 Å². The maximum absolute atomic E-state index is 12.8. The van der Waals surface area contributed by atoms with Crippen molar-refractivity contribution in [3.05, 3.63) is 0 Å². The molecule has 1 rings (SSSR count). The number of aliphatic hydroxyl groups excluding tert-OH is 1. The number of alkyl halides is 3. The highest BCUT2D eigenvalue weighted by molar-refractivity contribution is 5.86. The highest BCUT2D eigenvalue weighted by atomic mass is 19.4. The van der Waals surface area contributed by atoms with Crippen molar-refractivity contribution in [2.45, 2.75) is 62.9 Å². The van der Waals surface area contributed by atoms with E-state index in [1.807, 2.05) is 0 Å². The number of carboxylic acid groups (broad SMARTS) is 1. The van der Waals surface area contributed by atoms with Gasteiger partial charge in [0.1, 0.15) is 0 Å². The third-order valence-electron chi connectivity index (χ3n) is 3.65. The topological polar surface area (TPSA) is 98.7 Å². The van der Waals surface area contributed by atoms with E-state index in [9.17, 15) is 27.9 Å². The van der Waals surface area contributed by atoms with Gasteiger partial charge >= 0.3 is 18.2 Å². The normalized spacial score (nSPS) is 26.3. The summed E-state index contributed by atoms with van der Waals surface area (Å²) in [5.74, 6) is -2.20. The predicted molar refractivity (Wildman–Crippen MR) is 66.6 cm³/mol. The van der Waals surface area contributed by atoms with Crippen molar-refractivity contribution in [1.82, 2.24) is 10.6 Å². The first-order chi connectivity index (χ1) is 9.58. The molecule has 0 bridgehead atoms. The molecule has 1 aliphatic rings. The summed E-state index contributed by atoms with van der Waals surface area (Å²) in [7, 11) is 0. The maximum Gasteiger partial charge on any atom is 0.422 e. The Hall–Kier alpha value is -1.51. The van der Waals surface area contributed by atoms with E-state index in [4.69, 9.17) is 5.11 Å². The molecule has 1 saturated carbocycles. The molecule has 9 heteroatoms. The molecular weight excluding hydrogens is 293 g/mol. The lowest BCUT2D eigenvalue weighted by molar-refractivity contribution is -0.203. The monoisotopic (exact) mass is 312 g/mol. The van der Waals surface area contributed by atoms with E-state index in [1.165, 1.54) is 5.32 Å². The highest BCUT2D eigenvalue weighted by Crippen LogP contribution is 2.30. The summed E-state index contributed by atoms with van der Waals surface area (Å²) in [4.78, 5) is 22.4. The Morgan fingerprint density at radius 2 is 1.71 bits per heavy atom. The molecule has 0 saturated heterocycles. The lowest BCUT2D eigenvalue weighted by atomic mass is 10.0. The average molecular weight is 312 g/mol. The van der Waals surface area contributed by atoms with Gasteiger partial charge in [0.25, 0.3) is 0 Å². The van der Waals surface area contributed by atoms with Crippen LogP contribution in [0.2, 0.25) is 0 Å². The molecular formula is C12H19F3N2O4. The minimum atomic E-state index is -5.14. The van der Waals surface area contributed by atoms with Gasteiger partial charge in [-0.15, -0.1) is 0 Å². The number of aliphatic hydroxyl groups is 1. The third kappa shape index (κ3) is 4.23. The first-order valence-corrected chi connectivity index (χ1v) is 6.65. The van der Waals surface area contributed by atoms with Crippen LogP contribution in [0.4, 0.5) is 18.0 Å². The molecule has 0 aliphatic heterocycles. The van der Waals surface area contributed by atoms with Crippen LogP contribution in [0.5, 0.6) is 0 Å². The molecule has 21 heavy (non-hydrogen) atoms. The lowest BCUT2D eigenvalue weighted by Crippen LogP contribution is -2.64. The molecule has 2 amide bonds. The number of carbonyl (C=O) groups excluding carboxylic acids is 1. The number of hydrogen-bond donors (Lipinski definition) is 4. The van der Waals surface area contributed by atoms with Crippen molar-refractivity contribution in [2.24, 2.45) is 0 Å². The highest BCUT2D eigenvalue weighted by Gasteiger charge is 2.58. The van der Waals surface area contributed by atoms with Crippen LogP contribution < -0.4 is 10.6 Å². The van der Waals surface area contributed by atoms with E-state index >= 15 is 0 Å². The fourth-order valence-corrected chi connectivity index (χ4v) is 2.13. The van der Waals surface area contributed by atoms with Gasteiger partial charge in [-0.2, -0.15) is 13.2 Å². The van der Waals surface area contributed by atoms with Crippen LogP contribution in [0, 0.1) is 0 Å². The predicted octanol–water partition coefficient (Wildman–Crippen LogP) is 1.38. The van der Waals surface area contributed by atoms with Crippen LogP contribution in [-0.4, -0.2) is 46.1 Å². The van der Waals surface area contributed by atoms with E-state index in [1.54, 1.807) is 0 Å². The summed E-state index contributed by atoms with van der Waals surface area (Å²) in [5, 5.41) is 22.2. The molecule has 0 spiro atoms. The second-order valence-corrected chi connectivity index (χ2v) is 5.34. The number of carboxylic acids is 1. The van der Waals surface area contributed by atoms with Crippen LogP contribution >= 0.6 is 0 Å². The largest absolute Gasteiger partial charge is 0.479 e. The number of amides is 2. The molecule has 0 radical (unpaired) electrons. The van der Waals surface area contributed by atoms with Gasteiger partial charge in [-0.3, -0.25) is 0 Å². The maximum atomic E-state index is 12.8. The van der Waals surface area contributed by atoms with Gasteiger partial charge < -0.3 is 20.8 Å². The molecule has 1 fully saturated rings. The Balaban J connectivity index is 2.72. The van der Waals surface area contributed by atoms with Crippen molar-refractivity contribution in [1.29, 1.82) is 0 Å². The zero-order valence-electron chi connectivity index (χ0n) is 11.5. The number of rotatable bonds is 3. The van der Waals surface area contributed by atoms with Gasteiger partial charge in [0, 0.05) is 0 Å². The molecule has 0 aromatic heterocycles. The third-order valence-corrected chi connectivity index (χ3v) is 3.65. The number of halogens is 3. The number of carbonyl (C=O) groups is 2. The smallest absolute Gasteiger partial charge is 0.422 e. The van der Waals surface area contributed by atoms with Crippen molar-refractivity contribution in [3.8, 4) is 0 Å². The summed E-state index contributed by atoms with van der Waals surface area (Å²) in [6, 6.07) is -1.94. The summed E-state index contributed by atoms with van der Waals surface area (Å²) >= 11 is 0. The summed E-state index contributed by atoms with van der Waals surface area (Å²) < 4.78 is 38.3. The van der Waals surface area contributed by atoms with E-state index in [-0.39, 0.29) is 0 Å². The van der Waals surface area contributed by atoms with E-state index < -0.39 is 35.9 Å². The number of nitrogens with one attached hydrogen (secondary N) is 2. The second-order valence-electron chi connectivity index (χ2n) is 5.34. The van der Waals surface area contributed by atoms with Crippen LogP contribution in [0.1, 0.15) is 39.0 Å². The van der Waals surface area contributed by atoms with Gasteiger partial charge in [0.2, 0.25) is 5.54 Å². The summed E-state index contributed by atoms with van der Waals surface area (Å²) in [5.41, 5.74) is -3.38. The number of aliphatic carboxylic acids is 1. The molecule has 4 N–H and O–H groups in total. The zero-order valence-corrected chi connectivity index (χ0v) is 11.5. The van der Waals surface area contributed by atoms with Gasteiger partial charge in [-0.25, -0.2) is 9.59 Å². The summed E-state index contributed by atoms with van der Waals surface area (Å²) in [6.07, 6.45) is -2.73. The van der Waals surface area contributed by atoms with Crippen molar-refractivity contribution in [2.75, 3.05) is 0 Å². The molecule has 122 valence electrons.